The molecular weight excluding hydrogens is 486 g/mol. The third-order valence-corrected chi connectivity index (χ3v) is 6.53. The molecule has 0 spiro atoms. The zero-order valence-corrected chi connectivity index (χ0v) is 21.1. The van der Waals surface area contributed by atoms with Gasteiger partial charge in [0.2, 0.25) is 5.91 Å². The van der Waals surface area contributed by atoms with Crippen LogP contribution in [0.15, 0.2) is 91.3 Å². The topological polar surface area (TPSA) is 88.5 Å². The molecule has 1 saturated heterocycles. The fraction of sp³-hybridized carbons (Fsp3) is 0.143. The Hall–Kier alpha value is -4.50. The van der Waals surface area contributed by atoms with Crippen LogP contribution in [0, 0.1) is 0 Å². The van der Waals surface area contributed by atoms with Crippen LogP contribution < -0.4 is 15.5 Å². The molecule has 0 aliphatic carbocycles. The van der Waals surface area contributed by atoms with Crippen LogP contribution in [0.4, 0.5) is 11.4 Å². The van der Waals surface area contributed by atoms with Gasteiger partial charge in [-0.3, -0.25) is 9.78 Å². The molecule has 2 atom stereocenters. The van der Waals surface area contributed by atoms with Crippen molar-refractivity contribution in [3.8, 4) is 5.69 Å². The molecule has 2 aromatic carbocycles. The summed E-state index contributed by atoms with van der Waals surface area (Å²) in [6.45, 7) is 1.47. The Morgan fingerprint density at radius 2 is 1.76 bits per heavy atom. The molecule has 0 saturated carbocycles. The van der Waals surface area contributed by atoms with Crippen molar-refractivity contribution in [1.29, 1.82) is 0 Å². The number of carbonyl (C=O) groups excluding carboxylic acids is 2. The highest BCUT2D eigenvalue weighted by atomic mass is 32.1. The Kier molecular flexibility index (Phi) is 6.70. The van der Waals surface area contributed by atoms with Gasteiger partial charge < -0.3 is 24.8 Å². The average molecular weight is 512 g/mol. The van der Waals surface area contributed by atoms with E-state index < -0.39 is 5.97 Å². The number of para-hydroxylation sites is 1. The van der Waals surface area contributed by atoms with Crippen molar-refractivity contribution in [3.05, 3.63) is 108 Å². The number of ether oxygens (including phenoxy) is 1. The third kappa shape index (κ3) is 4.68. The first-order valence-electron chi connectivity index (χ1n) is 11.7. The number of nitrogens with zero attached hydrogens (tertiary/aromatic N) is 3. The highest BCUT2D eigenvalue weighted by molar-refractivity contribution is 7.80. The number of thiocarbonyl (C=S) groups is 1. The predicted octanol–water partition coefficient (Wildman–Crippen LogP) is 4.79. The van der Waals surface area contributed by atoms with Crippen molar-refractivity contribution in [3.63, 3.8) is 0 Å². The number of nitrogens with one attached hydrogen (secondary N) is 2. The molecule has 0 bridgehead atoms. The van der Waals surface area contributed by atoms with Crippen LogP contribution in [0.3, 0.4) is 0 Å². The van der Waals surface area contributed by atoms with E-state index in [1.54, 1.807) is 12.3 Å². The SMILES string of the molecule is COC(=O)c1ccccc1-n1cccc1[C@@H]1[C@@H](c2ccccn2)NC(=S)N1c1ccc(NC(C)=O)cc1. The van der Waals surface area contributed by atoms with E-state index in [0.717, 1.165) is 17.1 Å². The number of amides is 1. The normalized spacial score (nSPS) is 16.8. The molecule has 186 valence electrons. The zero-order valence-electron chi connectivity index (χ0n) is 20.3. The smallest absolute Gasteiger partial charge is 0.339 e. The maximum Gasteiger partial charge on any atom is 0.339 e. The number of carbonyl (C=O) groups is 2. The van der Waals surface area contributed by atoms with Gasteiger partial charge in [-0.1, -0.05) is 18.2 Å². The van der Waals surface area contributed by atoms with E-state index in [1.165, 1.54) is 14.0 Å². The summed E-state index contributed by atoms with van der Waals surface area (Å²) in [4.78, 5) is 30.7. The van der Waals surface area contributed by atoms with E-state index in [0.29, 0.717) is 22.1 Å². The van der Waals surface area contributed by atoms with Crippen LogP contribution in [0.25, 0.3) is 5.69 Å². The molecule has 0 unspecified atom stereocenters. The molecule has 1 amide bonds. The van der Waals surface area contributed by atoms with Gasteiger partial charge in [0.25, 0.3) is 0 Å². The van der Waals surface area contributed by atoms with Gasteiger partial charge in [-0.2, -0.15) is 0 Å². The van der Waals surface area contributed by atoms with E-state index in [1.807, 2.05) is 88.5 Å². The fourth-order valence-electron chi connectivity index (χ4n) is 4.66. The van der Waals surface area contributed by atoms with Crippen LogP contribution in [0.5, 0.6) is 0 Å². The van der Waals surface area contributed by atoms with Crippen LogP contribution >= 0.6 is 12.2 Å². The molecular formula is C28H25N5O3S. The summed E-state index contributed by atoms with van der Waals surface area (Å²) in [6, 6.07) is 24.0. The summed E-state index contributed by atoms with van der Waals surface area (Å²) in [5, 5.41) is 6.79. The molecule has 8 nitrogen and oxygen atoms in total. The molecule has 2 aromatic heterocycles. The van der Waals surface area contributed by atoms with Gasteiger partial charge in [0.05, 0.1) is 30.1 Å². The maximum absolute atomic E-state index is 12.6. The zero-order chi connectivity index (χ0) is 25.9. The van der Waals surface area contributed by atoms with Crippen LogP contribution in [0.1, 0.15) is 40.8 Å². The Balaban J connectivity index is 1.64. The Bertz CT molecular complexity index is 1450. The minimum Gasteiger partial charge on any atom is -0.465 e. The number of aromatic nitrogens is 2. The van der Waals surface area contributed by atoms with E-state index in [4.69, 9.17) is 17.0 Å². The molecule has 4 aromatic rings. The van der Waals surface area contributed by atoms with Crippen LogP contribution in [-0.4, -0.2) is 33.6 Å². The lowest BCUT2D eigenvalue weighted by Gasteiger charge is -2.29. The van der Waals surface area contributed by atoms with Crippen LogP contribution in [-0.2, 0) is 9.53 Å². The lowest BCUT2D eigenvalue weighted by molar-refractivity contribution is -0.114. The summed E-state index contributed by atoms with van der Waals surface area (Å²) in [5.74, 6) is -0.552. The van der Waals surface area contributed by atoms with Crippen molar-refractivity contribution in [1.82, 2.24) is 14.9 Å². The van der Waals surface area contributed by atoms with Gasteiger partial charge >= 0.3 is 5.97 Å². The standard InChI is InChI=1S/C28H25N5O3S/c1-18(34)30-19-12-14-20(15-13-19)33-26(25(31-28(33)37)22-9-5-6-16-29-22)24-11-7-17-32(24)23-10-4-3-8-21(23)27(35)36-2/h3-17,25-26H,1-2H3,(H,30,34)(H,31,37)/t25-,26-/m1/s1. The van der Waals surface area contributed by atoms with Gasteiger partial charge in [0, 0.05) is 36.4 Å². The van der Waals surface area contributed by atoms with Gasteiger partial charge in [-0.05, 0) is 72.9 Å². The largest absolute Gasteiger partial charge is 0.465 e. The van der Waals surface area contributed by atoms with Gasteiger partial charge in [0.15, 0.2) is 5.11 Å². The van der Waals surface area contributed by atoms with Crippen molar-refractivity contribution >= 4 is 40.6 Å². The number of hydrogen-bond acceptors (Lipinski definition) is 5. The highest BCUT2D eigenvalue weighted by Gasteiger charge is 2.42. The second-order valence-corrected chi connectivity index (χ2v) is 8.92. The molecule has 37 heavy (non-hydrogen) atoms. The second-order valence-electron chi connectivity index (χ2n) is 8.54. The second kappa shape index (κ2) is 10.2. The lowest BCUT2D eigenvalue weighted by atomic mass is 10.0. The summed E-state index contributed by atoms with van der Waals surface area (Å²) in [6.07, 6.45) is 3.68. The number of pyridine rings is 1. The molecule has 2 N–H and O–H groups in total. The Morgan fingerprint density at radius 3 is 2.46 bits per heavy atom. The number of esters is 1. The minimum atomic E-state index is -0.415. The summed E-state index contributed by atoms with van der Waals surface area (Å²) < 4.78 is 7.03. The lowest BCUT2D eigenvalue weighted by Crippen LogP contribution is -2.30. The molecule has 3 heterocycles. The monoisotopic (exact) mass is 511 g/mol. The van der Waals surface area contributed by atoms with Gasteiger partial charge in [-0.25, -0.2) is 4.79 Å². The molecule has 0 radical (unpaired) electrons. The van der Waals surface area contributed by atoms with E-state index >= 15 is 0 Å². The first kappa shape index (κ1) is 24.2. The number of methoxy groups -OCH3 is 1. The molecule has 5 rings (SSSR count). The maximum atomic E-state index is 12.6. The van der Waals surface area contributed by atoms with E-state index in [9.17, 15) is 9.59 Å². The molecule has 1 aliphatic rings. The highest BCUT2D eigenvalue weighted by Crippen LogP contribution is 2.42. The van der Waals surface area contributed by atoms with Crippen molar-refractivity contribution in [2.24, 2.45) is 0 Å². The number of anilines is 2. The first-order chi connectivity index (χ1) is 18.0. The quantitative estimate of drug-likeness (QED) is 0.284. The fourth-order valence-corrected chi connectivity index (χ4v) is 5.01. The van der Waals surface area contributed by atoms with Crippen molar-refractivity contribution in [2.75, 3.05) is 17.3 Å². The average Bonchev–Trinajstić information content (AvgIpc) is 3.53. The number of benzene rings is 2. The summed E-state index contributed by atoms with van der Waals surface area (Å²) in [5.41, 5.74) is 4.45. The van der Waals surface area contributed by atoms with Crippen LogP contribution in [0.2, 0.25) is 0 Å². The molecule has 1 fully saturated rings. The summed E-state index contributed by atoms with van der Waals surface area (Å²) >= 11 is 5.83. The van der Waals surface area contributed by atoms with E-state index in [-0.39, 0.29) is 18.0 Å². The van der Waals surface area contributed by atoms with Gasteiger partial charge in [-0.15, -0.1) is 0 Å². The predicted molar refractivity (Wildman–Crippen MR) is 146 cm³/mol. The number of hydrogen-bond donors (Lipinski definition) is 2. The Morgan fingerprint density at radius 1 is 1.00 bits per heavy atom. The first-order valence-corrected chi connectivity index (χ1v) is 12.1. The Labute approximate surface area is 219 Å². The third-order valence-electron chi connectivity index (χ3n) is 6.22. The van der Waals surface area contributed by atoms with Crippen molar-refractivity contribution in [2.45, 2.75) is 19.0 Å². The number of rotatable bonds is 6. The minimum absolute atomic E-state index is 0.138. The van der Waals surface area contributed by atoms with Gasteiger partial charge in [0.1, 0.15) is 6.04 Å². The van der Waals surface area contributed by atoms with Crippen molar-refractivity contribution < 1.29 is 14.3 Å². The summed E-state index contributed by atoms with van der Waals surface area (Å²) in [7, 11) is 1.37. The molecule has 1 aliphatic heterocycles. The molecule has 9 heteroatoms. The van der Waals surface area contributed by atoms with E-state index in [2.05, 4.69) is 15.6 Å².